The number of hydrogen-bond donors (Lipinski definition) is 0. The van der Waals surface area contributed by atoms with Crippen molar-refractivity contribution in [2.24, 2.45) is 0 Å². The average Bonchev–Trinajstić information content (AvgIpc) is 2.44. The highest BCUT2D eigenvalue weighted by molar-refractivity contribution is 5.88. The van der Waals surface area contributed by atoms with Crippen LogP contribution in [0.2, 0.25) is 0 Å². The highest BCUT2D eigenvalue weighted by Gasteiger charge is 2.30. The minimum atomic E-state index is -4.42. The molecule has 2 aromatic rings. The maximum absolute atomic E-state index is 12.8. The first kappa shape index (κ1) is 16.0. The number of ether oxygens (including phenoxy) is 1. The summed E-state index contributed by atoms with van der Waals surface area (Å²) in [6.45, 7) is 3.71. The van der Waals surface area contributed by atoms with Gasteiger partial charge in [0.25, 0.3) is 0 Å². The standard InChI is InChI=1S/C16H14F3NO2/c1-3-22-15(21)7-5-12-8-10(2)13-6-4-11(16(17,18)19)9-14(13)20-12/h4-9H,3H2,1-2H3/b7-5+. The molecule has 0 fully saturated rings. The highest BCUT2D eigenvalue weighted by atomic mass is 19.4. The van der Waals surface area contributed by atoms with Gasteiger partial charge in [-0.15, -0.1) is 0 Å². The zero-order valence-corrected chi connectivity index (χ0v) is 12.1. The predicted molar refractivity (Wildman–Crippen MR) is 77.1 cm³/mol. The fraction of sp³-hybridized carbons (Fsp3) is 0.250. The van der Waals surface area contributed by atoms with E-state index in [0.717, 1.165) is 17.7 Å². The number of esters is 1. The van der Waals surface area contributed by atoms with Crippen LogP contribution in [0.1, 0.15) is 23.7 Å². The SMILES string of the molecule is CCOC(=O)/C=C/c1cc(C)c2ccc(C(F)(F)F)cc2n1. The number of carbonyl (C=O) groups excluding carboxylic acids is 1. The van der Waals surface area contributed by atoms with Crippen molar-refractivity contribution in [3.63, 3.8) is 0 Å². The number of aromatic nitrogens is 1. The Labute approximate surface area is 125 Å². The van der Waals surface area contributed by atoms with Gasteiger partial charge in [0, 0.05) is 11.5 Å². The second-order valence-electron chi connectivity index (χ2n) is 4.68. The van der Waals surface area contributed by atoms with Crippen LogP contribution in [0.15, 0.2) is 30.3 Å². The Morgan fingerprint density at radius 2 is 2.05 bits per heavy atom. The molecule has 0 amide bonds. The summed E-state index contributed by atoms with van der Waals surface area (Å²) < 4.78 is 43.0. The van der Waals surface area contributed by atoms with Crippen molar-refractivity contribution in [2.45, 2.75) is 20.0 Å². The Hall–Kier alpha value is -2.37. The summed E-state index contributed by atoms with van der Waals surface area (Å²) in [5, 5.41) is 0.640. The van der Waals surface area contributed by atoms with Gasteiger partial charge in [0.1, 0.15) is 0 Å². The molecule has 0 saturated carbocycles. The molecule has 0 atom stereocenters. The first-order valence-corrected chi connectivity index (χ1v) is 6.64. The number of rotatable bonds is 3. The number of benzene rings is 1. The van der Waals surface area contributed by atoms with Crippen molar-refractivity contribution in [1.82, 2.24) is 4.98 Å². The van der Waals surface area contributed by atoms with Crippen LogP contribution in [0.5, 0.6) is 0 Å². The summed E-state index contributed by atoms with van der Waals surface area (Å²) >= 11 is 0. The molecule has 0 saturated heterocycles. The molecule has 0 aliphatic carbocycles. The van der Waals surface area contributed by atoms with Crippen molar-refractivity contribution in [2.75, 3.05) is 6.61 Å². The van der Waals surface area contributed by atoms with Crippen LogP contribution in [-0.4, -0.2) is 17.6 Å². The highest BCUT2D eigenvalue weighted by Crippen LogP contribution is 2.31. The number of aryl methyl sites for hydroxylation is 1. The molecule has 0 unspecified atom stereocenters. The normalized spacial score (nSPS) is 12.0. The monoisotopic (exact) mass is 309 g/mol. The Balaban J connectivity index is 2.44. The molecule has 0 radical (unpaired) electrons. The van der Waals surface area contributed by atoms with E-state index in [0.29, 0.717) is 11.1 Å². The number of hydrogen-bond acceptors (Lipinski definition) is 3. The Bertz CT molecular complexity index is 736. The lowest BCUT2D eigenvalue weighted by Gasteiger charge is -2.09. The number of halogens is 3. The van der Waals surface area contributed by atoms with Gasteiger partial charge in [0.2, 0.25) is 0 Å². The minimum absolute atomic E-state index is 0.235. The van der Waals surface area contributed by atoms with Crippen molar-refractivity contribution >= 4 is 22.9 Å². The minimum Gasteiger partial charge on any atom is -0.463 e. The van der Waals surface area contributed by atoms with Gasteiger partial charge in [-0.25, -0.2) is 9.78 Å². The van der Waals surface area contributed by atoms with E-state index in [4.69, 9.17) is 4.74 Å². The Morgan fingerprint density at radius 3 is 2.68 bits per heavy atom. The summed E-state index contributed by atoms with van der Waals surface area (Å²) in [7, 11) is 0. The summed E-state index contributed by atoms with van der Waals surface area (Å²) in [5.74, 6) is -0.522. The van der Waals surface area contributed by atoms with Gasteiger partial charge >= 0.3 is 12.1 Å². The van der Waals surface area contributed by atoms with E-state index in [1.165, 1.54) is 18.2 Å². The summed E-state index contributed by atoms with van der Waals surface area (Å²) in [6.07, 6.45) is -1.80. The smallest absolute Gasteiger partial charge is 0.416 e. The molecule has 0 aliphatic heterocycles. The third-order valence-corrected chi connectivity index (χ3v) is 3.04. The number of fused-ring (bicyclic) bond motifs is 1. The van der Waals surface area contributed by atoms with E-state index in [-0.39, 0.29) is 12.1 Å². The zero-order valence-electron chi connectivity index (χ0n) is 12.1. The van der Waals surface area contributed by atoms with E-state index in [9.17, 15) is 18.0 Å². The lowest BCUT2D eigenvalue weighted by molar-refractivity contribution is -0.138. The number of alkyl halides is 3. The van der Waals surface area contributed by atoms with Crippen molar-refractivity contribution < 1.29 is 22.7 Å². The molecule has 0 bridgehead atoms. The number of carbonyl (C=O) groups is 1. The quantitative estimate of drug-likeness (QED) is 0.632. The van der Waals surface area contributed by atoms with Crippen LogP contribution < -0.4 is 0 Å². The van der Waals surface area contributed by atoms with Crippen LogP contribution >= 0.6 is 0 Å². The third-order valence-electron chi connectivity index (χ3n) is 3.04. The molecular formula is C16H14F3NO2. The first-order chi connectivity index (χ1) is 10.3. The molecule has 2 rings (SSSR count). The molecule has 0 spiro atoms. The topological polar surface area (TPSA) is 39.2 Å². The van der Waals surface area contributed by atoms with Gasteiger partial charge in [-0.1, -0.05) is 6.07 Å². The summed E-state index contributed by atoms with van der Waals surface area (Å²) in [6, 6.07) is 5.14. The molecule has 0 N–H and O–H groups in total. The van der Waals surface area contributed by atoms with E-state index in [2.05, 4.69) is 4.98 Å². The van der Waals surface area contributed by atoms with Crippen LogP contribution in [0.25, 0.3) is 17.0 Å². The molecular weight excluding hydrogens is 295 g/mol. The van der Waals surface area contributed by atoms with E-state index < -0.39 is 17.7 Å². The number of pyridine rings is 1. The zero-order chi connectivity index (χ0) is 16.3. The van der Waals surface area contributed by atoms with Gasteiger partial charge in [-0.2, -0.15) is 13.2 Å². The predicted octanol–water partition coefficient (Wildman–Crippen LogP) is 4.14. The molecule has 1 heterocycles. The fourth-order valence-corrected chi connectivity index (χ4v) is 2.03. The van der Waals surface area contributed by atoms with Crippen molar-refractivity contribution in [3.8, 4) is 0 Å². The van der Waals surface area contributed by atoms with E-state index >= 15 is 0 Å². The van der Waals surface area contributed by atoms with Gasteiger partial charge in [-0.3, -0.25) is 0 Å². The van der Waals surface area contributed by atoms with Crippen molar-refractivity contribution in [1.29, 1.82) is 0 Å². The maximum atomic E-state index is 12.8. The fourth-order valence-electron chi connectivity index (χ4n) is 2.03. The second kappa shape index (κ2) is 6.17. The van der Waals surface area contributed by atoms with Crippen LogP contribution in [-0.2, 0) is 15.7 Å². The Morgan fingerprint density at radius 1 is 1.32 bits per heavy atom. The van der Waals surface area contributed by atoms with E-state index in [1.807, 2.05) is 0 Å². The first-order valence-electron chi connectivity index (χ1n) is 6.64. The lowest BCUT2D eigenvalue weighted by atomic mass is 10.1. The molecule has 3 nitrogen and oxygen atoms in total. The van der Waals surface area contributed by atoms with Gasteiger partial charge in [0.05, 0.1) is 23.4 Å². The van der Waals surface area contributed by atoms with Gasteiger partial charge in [0.15, 0.2) is 0 Å². The molecule has 1 aromatic heterocycles. The largest absolute Gasteiger partial charge is 0.463 e. The molecule has 116 valence electrons. The lowest BCUT2D eigenvalue weighted by Crippen LogP contribution is -2.05. The van der Waals surface area contributed by atoms with Gasteiger partial charge in [-0.05, 0) is 43.7 Å². The van der Waals surface area contributed by atoms with Crippen LogP contribution in [0.4, 0.5) is 13.2 Å². The average molecular weight is 309 g/mol. The van der Waals surface area contributed by atoms with Crippen molar-refractivity contribution in [3.05, 3.63) is 47.2 Å². The summed E-state index contributed by atoms with van der Waals surface area (Å²) in [5.41, 5.74) is 0.663. The maximum Gasteiger partial charge on any atom is 0.416 e. The van der Waals surface area contributed by atoms with Crippen LogP contribution in [0.3, 0.4) is 0 Å². The Kier molecular flexibility index (Phi) is 4.49. The third kappa shape index (κ3) is 3.63. The molecule has 6 heteroatoms. The molecule has 0 aliphatic rings. The molecule has 22 heavy (non-hydrogen) atoms. The van der Waals surface area contributed by atoms with Gasteiger partial charge < -0.3 is 4.74 Å². The second-order valence-corrected chi connectivity index (χ2v) is 4.68. The van der Waals surface area contributed by atoms with E-state index in [1.54, 1.807) is 19.9 Å². The number of nitrogens with zero attached hydrogens (tertiary/aromatic N) is 1. The van der Waals surface area contributed by atoms with Crippen LogP contribution in [0, 0.1) is 6.92 Å². The molecule has 1 aromatic carbocycles. The summed E-state index contributed by atoms with van der Waals surface area (Å²) in [4.78, 5) is 15.4.